The third-order valence-corrected chi connectivity index (χ3v) is 4.64. The minimum absolute atomic E-state index is 0. The number of halogens is 2. The van der Waals surface area contributed by atoms with Crippen LogP contribution in [-0.4, -0.2) is 38.1 Å². The summed E-state index contributed by atoms with van der Waals surface area (Å²) in [5, 5.41) is 12.5. The molecule has 1 aliphatic rings. The second-order valence-electron chi connectivity index (χ2n) is 6.36. The second-order valence-corrected chi connectivity index (χ2v) is 7.21. The summed E-state index contributed by atoms with van der Waals surface area (Å²) in [7, 11) is 1.62. The first-order valence-electron chi connectivity index (χ1n) is 8.83. The van der Waals surface area contributed by atoms with Crippen LogP contribution >= 0.6 is 28.3 Å². The van der Waals surface area contributed by atoms with Crippen molar-refractivity contribution in [3.05, 3.63) is 45.9 Å². The Bertz CT molecular complexity index is 787. The Morgan fingerprint density at radius 1 is 1.14 bits per heavy atom. The highest BCUT2D eigenvalue weighted by molar-refractivity contribution is 9.10. The molecule has 1 heterocycles. The zero-order chi connectivity index (χ0) is 19.2. The van der Waals surface area contributed by atoms with E-state index >= 15 is 0 Å². The number of methoxy groups -OCH3 is 1. The van der Waals surface area contributed by atoms with Gasteiger partial charge in [0.1, 0.15) is 19.8 Å². The highest BCUT2D eigenvalue weighted by Gasteiger charge is 2.15. The Labute approximate surface area is 179 Å². The molecule has 0 aromatic heterocycles. The molecule has 0 aliphatic carbocycles. The van der Waals surface area contributed by atoms with Crippen LogP contribution in [0.3, 0.4) is 0 Å². The van der Waals surface area contributed by atoms with Crippen LogP contribution in [0.1, 0.15) is 18.1 Å². The molecule has 2 aromatic rings. The Morgan fingerprint density at radius 3 is 2.61 bits per heavy atom. The fraction of sp³-hybridized carbons (Fsp3) is 0.400. The topological polar surface area (TPSA) is 69.2 Å². The Morgan fingerprint density at radius 2 is 1.89 bits per heavy atom. The number of hydrogen-bond acceptors (Lipinski definition) is 6. The van der Waals surface area contributed by atoms with E-state index in [-0.39, 0.29) is 18.5 Å². The first kappa shape index (κ1) is 22.6. The van der Waals surface area contributed by atoms with E-state index in [1.807, 2.05) is 30.3 Å². The molecule has 154 valence electrons. The van der Waals surface area contributed by atoms with Gasteiger partial charge in [-0.1, -0.05) is 6.07 Å². The van der Waals surface area contributed by atoms with E-state index < -0.39 is 0 Å². The molecule has 2 N–H and O–H groups in total. The summed E-state index contributed by atoms with van der Waals surface area (Å²) >= 11 is 3.57. The predicted molar refractivity (Wildman–Crippen MR) is 113 cm³/mol. The quantitative estimate of drug-likeness (QED) is 0.608. The maximum atomic E-state index is 9.35. The molecule has 8 heteroatoms. The van der Waals surface area contributed by atoms with Crippen molar-refractivity contribution in [2.75, 3.05) is 26.9 Å². The maximum Gasteiger partial charge on any atom is 0.175 e. The van der Waals surface area contributed by atoms with Gasteiger partial charge in [-0.25, -0.2) is 0 Å². The van der Waals surface area contributed by atoms with Crippen LogP contribution in [0.15, 0.2) is 34.8 Å². The van der Waals surface area contributed by atoms with Crippen LogP contribution in [0.2, 0.25) is 0 Å². The summed E-state index contributed by atoms with van der Waals surface area (Å²) in [6, 6.07) is 9.71. The van der Waals surface area contributed by atoms with Crippen molar-refractivity contribution in [1.29, 1.82) is 0 Å². The van der Waals surface area contributed by atoms with Gasteiger partial charge >= 0.3 is 0 Å². The molecule has 0 saturated heterocycles. The lowest BCUT2D eigenvalue weighted by molar-refractivity contribution is 0.171. The van der Waals surface area contributed by atoms with E-state index in [0.29, 0.717) is 44.4 Å². The van der Waals surface area contributed by atoms with Crippen LogP contribution in [0.25, 0.3) is 0 Å². The van der Waals surface area contributed by atoms with Crippen LogP contribution < -0.4 is 24.3 Å². The molecule has 3 rings (SSSR count). The fourth-order valence-electron chi connectivity index (χ4n) is 2.77. The summed E-state index contributed by atoms with van der Waals surface area (Å²) in [4.78, 5) is 0. The minimum atomic E-state index is -0.385. The number of rotatable bonds is 8. The van der Waals surface area contributed by atoms with Crippen molar-refractivity contribution in [3.63, 3.8) is 0 Å². The van der Waals surface area contributed by atoms with Crippen LogP contribution in [0.5, 0.6) is 23.0 Å². The molecule has 1 aliphatic heterocycles. The normalized spacial score (nSPS) is 13.4. The minimum Gasteiger partial charge on any atom is -0.493 e. The first-order chi connectivity index (χ1) is 13.1. The van der Waals surface area contributed by atoms with Crippen LogP contribution in [-0.2, 0) is 13.2 Å². The first-order valence-corrected chi connectivity index (χ1v) is 9.62. The zero-order valence-corrected chi connectivity index (χ0v) is 18.3. The van der Waals surface area contributed by atoms with Crippen molar-refractivity contribution < 1.29 is 24.1 Å². The molecule has 6 nitrogen and oxygen atoms in total. The third-order valence-electron chi connectivity index (χ3n) is 4.05. The van der Waals surface area contributed by atoms with Gasteiger partial charge in [0.15, 0.2) is 23.0 Å². The van der Waals surface area contributed by atoms with Crippen molar-refractivity contribution in [3.8, 4) is 23.0 Å². The Balaban J connectivity index is 0.00000280. The molecule has 0 spiro atoms. The summed E-state index contributed by atoms with van der Waals surface area (Å²) in [6.45, 7) is 4.42. The lowest BCUT2D eigenvalue weighted by Gasteiger charge is -2.19. The smallest absolute Gasteiger partial charge is 0.175 e. The Hall–Kier alpha value is -1.67. The number of hydrogen-bond donors (Lipinski definition) is 2. The van der Waals surface area contributed by atoms with Crippen molar-refractivity contribution in [2.24, 2.45) is 0 Å². The standard InChI is InChI=1S/C20H24BrNO5.ClH/c1-13(23)10-22-11-15-7-16(21)20(19(9-15)24-2)27-12-14-3-4-17-18(8-14)26-6-5-25-17;/h3-4,7-9,13,22-23H,5-6,10-12H2,1-2H3;1H. The molecular weight excluding hydrogens is 450 g/mol. The van der Waals surface area contributed by atoms with Gasteiger partial charge in [0.05, 0.1) is 17.7 Å². The fourth-order valence-corrected chi connectivity index (χ4v) is 3.38. The molecular formula is C20H25BrClNO5. The monoisotopic (exact) mass is 473 g/mol. The second kappa shape index (κ2) is 10.8. The van der Waals surface area contributed by atoms with Crippen LogP contribution in [0.4, 0.5) is 0 Å². The molecule has 0 bridgehead atoms. The Kier molecular flexibility index (Phi) is 8.69. The van der Waals surface area contributed by atoms with Crippen molar-refractivity contribution >= 4 is 28.3 Å². The van der Waals surface area contributed by atoms with Gasteiger partial charge in [-0.15, -0.1) is 12.4 Å². The highest BCUT2D eigenvalue weighted by Crippen LogP contribution is 2.38. The molecule has 0 amide bonds. The van der Waals surface area contributed by atoms with Gasteiger partial charge in [0, 0.05) is 13.1 Å². The lowest BCUT2D eigenvalue weighted by atomic mass is 10.2. The van der Waals surface area contributed by atoms with Gasteiger partial charge in [0.25, 0.3) is 0 Å². The molecule has 0 radical (unpaired) electrons. The van der Waals surface area contributed by atoms with Gasteiger partial charge in [-0.3, -0.25) is 0 Å². The predicted octanol–water partition coefficient (Wildman–Crippen LogP) is 3.70. The lowest BCUT2D eigenvalue weighted by Crippen LogP contribution is -2.23. The van der Waals surface area contributed by atoms with Gasteiger partial charge in [0.2, 0.25) is 0 Å². The summed E-state index contributed by atoms with van der Waals surface area (Å²) in [5.74, 6) is 2.80. The van der Waals surface area contributed by atoms with Crippen LogP contribution in [0, 0.1) is 0 Å². The van der Waals surface area contributed by atoms with Crippen molar-refractivity contribution in [1.82, 2.24) is 5.32 Å². The number of aliphatic hydroxyl groups is 1. The largest absolute Gasteiger partial charge is 0.493 e. The van der Waals surface area contributed by atoms with E-state index in [1.54, 1.807) is 14.0 Å². The van der Waals surface area contributed by atoms with Gasteiger partial charge in [-0.05, 0) is 58.2 Å². The highest BCUT2D eigenvalue weighted by atomic mass is 79.9. The molecule has 0 fully saturated rings. The molecule has 0 saturated carbocycles. The maximum absolute atomic E-state index is 9.35. The number of aliphatic hydroxyl groups excluding tert-OH is 1. The summed E-state index contributed by atoms with van der Waals surface area (Å²) < 4.78 is 23.5. The summed E-state index contributed by atoms with van der Waals surface area (Å²) in [6.07, 6.45) is -0.385. The van der Waals surface area contributed by atoms with E-state index in [4.69, 9.17) is 18.9 Å². The van der Waals surface area contributed by atoms with E-state index in [9.17, 15) is 5.11 Å². The van der Waals surface area contributed by atoms with E-state index in [2.05, 4.69) is 21.2 Å². The molecule has 1 unspecified atom stereocenters. The number of benzene rings is 2. The number of ether oxygens (including phenoxy) is 4. The van der Waals surface area contributed by atoms with E-state index in [0.717, 1.165) is 27.1 Å². The van der Waals surface area contributed by atoms with Gasteiger partial charge in [-0.2, -0.15) is 0 Å². The summed E-state index contributed by atoms with van der Waals surface area (Å²) in [5.41, 5.74) is 2.02. The number of fused-ring (bicyclic) bond motifs is 1. The van der Waals surface area contributed by atoms with Crippen molar-refractivity contribution in [2.45, 2.75) is 26.2 Å². The molecule has 1 atom stereocenters. The average Bonchev–Trinajstić information content (AvgIpc) is 2.66. The molecule has 2 aromatic carbocycles. The third kappa shape index (κ3) is 5.91. The van der Waals surface area contributed by atoms with Gasteiger partial charge < -0.3 is 29.4 Å². The molecule has 28 heavy (non-hydrogen) atoms. The zero-order valence-electron chi connectivity index (χ0n) is 15.9. The average molecular weight is 475 g/mol. The SMILES string of the molecule is COc1cc(CNCC(C)O)cc(Br)c1OCc1ccc2c(c1)OCCO2.Cl. The van der Waals surface area contributed by atoms with E-state index in [1.165, 1.54) is 0 Å². The number of nitrogens with one attached hydrogen (secondary N) is 1.